The second-order valence-corrected chi connectivity index (χ2v) is 4.10. The molecule has 1 atom stereocenters. The second kappa shape index (κ2) is 11.5. The lowest BCUT2D eigenvalue weighted by molar-refractivity contribution is -0.104. The molecule has 19 heavy (non-hydrogen) atoms. The monoisotopic (exact) mass is 263 g/mol. The number of hydrogen-bond acceptors (Lipinski definition) is 3. The standard InChI is InChI=1S/C11H12O2.C5H13N/c1-2-13-11-7-5-10(6-8-11)4-3-9-12;1-4-5(2)6-3/h3-9H,2H2,1H3;5-6H,4H2,1-3H3/b4-3+;. The average Bonchev–Trinajstić information content (AvgIpc) is 2.46. The van der Waals surface area contributed by atoms with E-state index in [-0.39, 0.29) is 0 Å². The summed E-state index contributed by atoms with van der Waals surface area (Å²) in [5.74, 6) is 0.853. The Hall–Kier alpha value is -1.61. The maximum Gasteiger partial charge on any atom is 0.142 e. The third-order valence-electron chi connectivity index (χ3n) is 2.66. The van der Waals surface area contributed by atoms with Gasteiger partial charge in [0.05, 0.1) is 6.61 Å². The number of aldehydes is 1. The minimum absolute atomic E-state index is 0.670. The zero-order valence-corrected chi connectivity index (χ0v) is 12.3. The van der Waals surface area contributed by atoms with Gasteiger partial charge < -0.3 is 10.1 Å². The van der Waals surface area contributed by atoms with Crippen molar-refractivity contribution < 1.29 is 9.53 Å². The number of carbonyl (C=O) groups is 1. The predicted molar refractivity (Wildman–Crippen MR) is 81.5 cm³/mol. The van der Waals surface area contributed by atoms with Gasteiger partial charge in [-0.15, -0.1) is 0 Å². The van der Waals surface area contributed by atoms with E-state index in [1.165, 1.54) is 12.5 Å². The summed E-state index contributed by atoms with van der Waals surface area (Å²) in [5, 5.41) is 3.11. The Balaban J connectivity index is 0.000000459. The van der Waals surface area contributed by atoms with Gasteiger partial charge in [0.15, 0.2) is 0 Å². The van der Waals surface area contributed by atoms with E-state index in [0.29, 0.717) is 12.6 Å². The van der Waals surface area contributed by atoms with Crippen LogP contribution in [0.2, 0.25) is 0 Å². The van der Waals surface area contributed by atoms with Gasteiger partial charge in [-0.25, -0.2) is 0 Å². The molecule has 1 N–H and O–H groups in total. The van der Waals surface area contributed by atoms with Crippen molar-refractivity contribution in [1.82, 2.24) is 5.32 Å². The van der Waals surface area contributed by atoms with Gasteiger partial charge >= 0.3 is 0 Å². The van der Waals surface area contributed by atoms with E-state index in [9.17, 15) is 4.79 Å². The molecule has 0 saturated carbocycles. The van der Waals surface area contributed by atoms with Crippen LogP contribution in [0.15, 0.2) is 30.3 Å². The third kappa shape index (κ3) is 9.03. The Morgan fingerprint density at radius 2 is 1.89 bits per heavy atom. The molecule has 1 aromatic rings. The number of ether oxygens (including phenoxy) is 1. The Bertz CT molecular complexity index is 354. The molecule has 0 bridgehead atoms. The lowest BCUT2D eigenvalue weighted by Crippen LogP contribution is -2.19. The summed E-state index contributed by atoms with van der Waals surface area (Å²) in [6, 6.07) is 8.27. The van der Waals surface area contributed by atoms with Gasteiger partial charge in [0, 0.05) is 6.04 Å². The van der Waals surface area contributed by atoms with Crippen LogP contribution in [-0.2, 0) is 4.79 Å². The highest BCUT2D eigenvalue weighted by atomic mass is 16.5. The summed E-state index contributed by atoms with van der Waals surface area (Å²) in [4.78, 5) is 10.0. The van der Waals surface area contributed by atoms with Gasteiger partial charge in [-0.1, -0.05) is 25.1 Å². The maximum absolute atomic E-state index is 10.0. The van der Waals surface area contributed by atoms with Gasteiger partial charge in [-0.05, 0) is 51.1 Å². The van der Waals surface area contributed by atoms with Crippen molar-refractivity contribution in [2.75, 3.05) is 13.7 Å². The Morgan fingerprint density at radius 1 is 1.26 bits per heavy atom. The summed E-state index contributed by atoms with van der Waals surface area (Å²) in [6.45, 7) is 6.95. The molecule has 0 aliphatic heterocycles. The molecular formula is C16H25NO2. The molecule has 0 radical (unpaired) electrons. The molecule has 106 valence electrons. The van der Waals surface area contributed by atoms with E-state index in [1.54, 1.807) is 6.08 Å². The van der Waals surface area contributed by atoms with Gasteiger partial charge in [-0.3, -0.25) is 4.79 Å². The lowest BCUT2D eigenvalue weighted by Gasteiger charge is -2.02. The highest BCUT2D eigenvalue weighted by molar-refractivity contribution is 5.73. The molecule has 0 fully saturated rings. The van der Waals surface area contributed by atoms with Crippen molar-refractivity contribution in [3.63, 3.8) is 0 Å². The van der Waals surface area contributed by atoms with Crippen LogP contribution in [0.1, 0.15) is 32.8 Å². The Morgan fingerprint density at radius 3 is 2.26 bits per heavy atom. The van der Waals surface area contributed by atoms with E-state index in [0.717, 1.165) is 17.6 Å². The van der Waals surface area contributed by atoms with Gasteiger partial charge in [0.25, 0.3) is 0 Å². The predicted octanol–water partition coefficient (Wildman–Crippen LogP) is 3.30. The fourth-order valence-electron chi connectivity index (χ4n) is 1.20. The molecule has 0 spiro atoms. The fraction of sp³-hybridized carbons (Fsp3) is 0.438. The smallest absolute Gasteiger partial charge is 0.142 e. The van der Waals surface area contributed by atoms with Crippen molar-refractivity contribution in [2.24, 2.45) is 0 Å². The minimum Gasteiger partial charge on any atom is -0.494 e. The summed E-state index contributed by atoms with van der Waals surface area (Å²) in [7, 11) is 1.98. The molecular weight excluding hydrogens is 238 g/mol. The Kier molecular flexibility index (Phi) is 10.5. The number of hydrogen-bond donors (Lipinski definition) is 1. The average molecular weight is 263 g/mol. The molecule has 1 rings (SSSR count). The number of allylic oxidation sites excluding steroid dienone is 1. The first-order chi connectivity index (χ1) is 9.17. The van der Waals surface area contributed by atoms with Gasteiger partial charge in [0.2, 0.25) is 0 Å². The molecule has 3 nitrogen and oxygen atoms in total. The van der Waals surface area contributed by atoms with Crippen LogP contribution >= 0.6 is 0 Å². The van der Waals surface area contributed by atoms with Gasteiger partial charge in [0.1, 0.15) is 12.0 Å². The number of carbonyl (C=O) groups excluding carboxylic acids is 1. The normalized spacial score (nSPS) is 11.6. The first-order valence-electron chi connectivity index (χ1n) is 6.69. The van der Waals surface area contributed by atoms with Crippen LogP contribution in [0.3, 0.4) is 0 Å². The van der Waals surface area contributed by atoms with E-state index in [4.69, 9.17) is 4.74 Å². The lowest BCUT2D eigenvalue weighted by atomic mass is 10.2. The van der Waals surface area contributed by atoms with Crippen molar-refractivity contribution in [3.05, 3.63) is 35.9 Å². The molecule has 0 saturated heterocycles. The van der Waals surface area contributed by atoms with Crippen LogP contribution < -0.4 is 10.1 Å². The van der Waals surface area contributed by atoms with Crippen molar-refractivity contribution in [3.8, 4) is 5.75 Å². The highest BCUT2D eigenvalue weighted by Gasteiger charge is 1.90. The zero-order chi connectivity index (χ0) is 14.5. The number of nitrogens with one attached hydrogen (secondary N) is 1. The number of benzene rings is 1. The van der Waals surface area contributed by atoms with Crippen molar-refractivity contribution >= 4 is 12.4 Å². The highest BCUT2D eigenvalue weighted by Crippen LogP contribution is 2.12. The van der Waals surface area contributed by atoms with Gasteiger partial charge in [-0.2, -0.15) is 0 Å². The first kappa shape index (κ1) is 17.4. The second-order valence-electron chi connectivity index (χ2n) is 4.10. The summed E-state index contributed by atoms with van der Waals surface area (Å²) < 4.78 is 5.27. The van der Waals surface area contributed by atoms with Crippen LogP contribution in [0.25, 0.3) is 6.08 Å². The van der Waals surface area contributed by atoms with Crippen LogP contribution in [0.5, 0.6) is 5.75 Å². The maximum atomic E-state index is 10.0. The molecule has 0 aromatic heterocycles. The molecule has 3 heteroatoms. The van der Waals surface area contributed by atoms with E-state index in [2.05, 4.69) is 19.2 Å². The molecule has 0 aliphatic rings. The van der Waals surface area contributed by atoms with E-state index in [1.807, 2.05) is 38.2 Å². The SMILES string of the molecule is CCC(C)NC.CCOc1ccc(/C=C/C=O)cc1. The molecule has 1 unspecified atom stereocenters. The van der Waals surface area contributed by atoms with E-state index >= 15 is 0 Å². The summed E-state index contributed by atoms with van der Waals surface area (Å²) in [5.41, 5.74) is 0.996. The molecule has 0 aliphatic carbocycles. The summed E-state index contributed by atoms with van der Waals surface area (Å²) >= 11 is 0. The first-order valence-corrected chi connectivity index (χ1v) is 6.69. The van der Waals surface area contributed by atoms with E-state index < -0.39 is 0 Å². The minimum atomic E-state index is 0.670. The third-order valence-corrected chi connectivity index (χ3v) is 2.66. The Labute approximate surface area is 116 Å². The molecule has 0 heterocycles. The van der Waals surface area contributed by atoms with Crippen molar-refractivity contribution in [2.45, 2.75) is 33.2 Å². The topological polar surface area (TPSA) is 38.3 Å². The zero-order valence-electron chi connectivity index (χ0n) is 12.3. The quantitative estimate of drug-likeness (QED) is 0.632. The molecule has 1 aromatic carbocycles. The van der Waals surface area contributed by atoms with Crippen LogP contribution in [-0.4, -0.2) is 26.0 Å². The fourth-order valence-corrected chi connectivity index (χ4v) is 1.20. The largest absolute Gasteiger partial charge is 0.494 e. The van der Waals surface area contributed by atoms with Crippen molar-refractivity contribution in [1.29, 1.82) is 0 Å². The molecule has 0 amide bonds. The number of rotatable bonds is 6. The summed E-state index contributed by atoms with van der Waals surface area (Å²) in [6.07, 6.45) is 5.20. The van der Waals surface area contributed by atoms with Crippen LogP contribution in [0, 0.1) is 0 Å². The van der Waals surface area contributed by atoms with Crippen LogP contribution in [0.4, 0.5) is 0 Å².